The Balaban J connectivity index is 1.71. The Morgan fingerprint density at radius 3 is 2.32 bits per heavy atom. The van der Waals surface area contributed by atoms with Crippen molar-refractivity contribution in [1.29, 1.82) is 0 Å². The third-order valence-electron chi connectivity index (χ3n) is 4.05. The summed E-state index contributed by atoms with van der Waals surface area (Å²) in [6.45, 7) is 0. The molecule has 22 heavy (non-hydrogen) atoms. The molecule has 4 rings (SSSR count). The van der Waals surface area contributed by atoms with Gasteiger partial charge >= 0.3 is 0 Å². The number of hydrogen-bond acceptors (Lipinski definition) is 0. The van der Waals surface area contributed by atoms with E-state index >= 15 is 0 Å². The molecule has 0 aromatic heterocycles. The van der Waals surface area contributed by atoms with Crippen molar-refractivity contribution >= 4 is 22.9 Å². The molecule has 0 nitrogen and oxygen atoms in total. The lowest BCUT2D eigenvalue weighted by molar-refractivity contribution is 1.71. The zero-order valence-corrected chi connectivity index (χ0v) is 12.2. The summed E-state index contributed by atoms with van der Waals surface area (Å²) >= 11 is 0. The highest BCUT2D eigenvalue weighted by molar-refractivity contribution is 5.88. The van der Waals surface area contributed by atoms with Crippen molar-refractivity contribution in [2.75, 3.05) is 0 Å². The van der Waals surface area contributed by atoms with Gasteiger partial charge in [-0.3, -0.25) is 0 Å². The average Bonchev–Trinajstić information content (AvgIpc) is 2.79. The van der Waals surface area contributed by atoms with E-state index < -0.39 is 0 Å². The SMILES string of the molecule is C(=Cc1ccc2cccccc1-2)c1ccc2ccccc2c1. The van der Waals surface area contributed by atoms with Crippen LogP contribution >= 0.6 is 0 Å². The summed E-state index contributed by atoms with van der Waals surface area (Å²) in [4.78, 5) is 0. The van der Waals surface area contributed by atoms with Crippen molar-refractivity contribution in [2.45, 2.75) is 0 Å². The Labute approximate surface area is 130 Å². The van der Waals surface area contributed by atoms with Gasteiger partial charge in [-0.1, -0.05) is 91.0 Å². The Bertz CT molecular complexity index is 931. The summed E-state index contributed by atoms with van der Waals surface area (Å²) in [6.07, 6.45) is 4.39. The number of rotatable bonds is 2. The van der Waals surface area contributed by atoms with E-state index in [9.17, 15) is 0 Å². The van der Waals surface area contributed by atoms with E-state index in [0.717, 1.165) is 0 Å². The van der Waals surface area contributed by atoms with Gasteiger partial charge in [0.15, 0.2) is 0 Å². The van der Waals surface area contributed by atoms with Gasteiger partial charge in [-0.2, -0.15) is 0 Å². The fourth-order valence-electron chi connectivity index (χ4n) is 2.88. The molecule has 0 bridgehead atoms. The molecule has 0 unspecified atom stereocenters. The van der Waals surface area contributed by atoms with Crippen LogP contribution in [0, 0.1) is 0 Å². The molecule has 0 N–H and O–H groups in total. The lowest BCUT2D eigenvalue weighted by atomic mass is 10.1. The van der Waals surface area contributed by atoms with Crippen LogP contribution in [-0.4, -0.2) is 0 Å². The largest absolute Gasteiger partial charge is 0.0622 e. The third kappa shape index (κ3) is 2.40. The highest BCUT2D eigenvalue weighted by Crippen LogP contribution is 2.28. The zero-order valence-electron chi connectivity index (χ0n) is 12.2. The Morgan fingerprint density at radius 2 is 1.36 bits per heavy atom. The van der Waals surface area contributed by atoms with Gasteiger partial charge in [-0.25, -0.2) is 0 Å². The van der Waals surface area contributed by atoms with Crippen LogP contribution in [0.25, 0.3) is 34.1 Å². The van der Waals surface area contributed by atoms with Crippen LogP contribution in [0.3, 0.4) is 0 Å². The molecule has 0 heteroatoms. The lowest BCUT2D eigenvalue weighted by Gasteiger charge is -2.00. The first kappa shape index (κ1) is 12.8. The molecule has 0 spiro atoms. The monoisotopic (exact) mass is 280 g/mol. The fraction of sp³-hybridized carbons (Fsp3) is 0. The van der Waals surface area contributed by atoms with E-state index in [4.69, 9.17) is 0 Å². The smallest absolute Gasteiger partial charge is 0.0111 e. The van der Waals surface area contributed by atoms with Crippen molar-refractivity contribution in [1.82, 2.24) is 0 Å². The predicted octanol–water partition coefficient (Wildman–Crippen LogP) is 6.12. The zero-order chi connectivity index (χ0) is 14.8. The molecule has 0 radical (unpaired) electrons. The summed E-state index contributed by atoms with van der Waals surface area (Å²) in [5, 5.41) is 2.56. The molecule has 0 amide bonds. The van der Waals surface area contributed by atoms with Crippen molar-refractivity contribution in [3.63, 3.8) is 0 Å². The molecule has 2 aliphatic carbocycles. The standard InChI is InChI=1S/C22H16/c1-2-7-19-14-15-20(22(19)9-3-1)13-11-17-10-12-18-6-4-5-8-21(18)16-17/h1-16H. The van der Waals surface area contributed by atoms with Gasteiger partial charge in [0, 0.05) is 0 Å². The molecular formula is C22H16. The molecule has 0 heterocycles. The maximum Gasteiger partial charge on any atom is -0.0111 e. The fourth-order valence-corrected chi connectivity index (χ4v) is 2.88. The minimum Gasteiger partial charge on any atom is -0.0622 e. The van der Waals surface area contributed by atoms with E-state index in [-0.39, 0.29) is 0 Å². The summed E-state index contributed by atoms with van der Waals surface area (Å²) in [5.41, 5.74) is 5.07. The highest BCUT2D eigenvalue weighted by Gasteiger charge is 2.04. The first-order valence-electron chi connectivity index (χ1n) is 7.55. The summed E-state index contributed by atoms with van der Waals surface area (Å²) in [5.74, 6) is 0. The number of fused-ring (bicyclic) bond motifs is 2. The van der Waals surface area contributed by atoms with Crippen molar-refractivity contribution < 1.29 is 0 Å². The summed E-state index contributed by atoms with van der Waals surface area (Å²) in [7, 11) is 0. The van der Waals surface area contributed by atoms with Gasteiger partial charge in [0.2, 0.25) is 0 Å². The lowest BCUT2D eigenvalue weighted by Crippen LogP contribution is -1.75. The van der Waals surface area contributed by atoms with Crippen LogP contribution in [0.15, 0.2) is 84.9 Å². The second-order valence-electron chi connectivity index (χ2n) is 5.51. The molecular weight excluding hydrogens is 264 g/mol. The van der Waals surface area contributed by atoms with E-state index in [0.29, 0.717) is 0 Å². The highest BCUT2D eigenvalue weighted by atomic mass is 14.1. The van der Waals surface area contributed by atoms with Crippen LogP contribution in [0.1, 0.15) is 11.1 Å². The van der Waals surface area contributed by atoms with E-state index in [1.807, 2.05) is 0 Å². The van der Waals surface area contributed by atoms with Gasteiger partial charge in [-0.05, 0) is 39.1 Å². The number of benzene rings is 2. The Kier molecular flexibility index (Phi) is 3.21. The quantitative estimate of drug-likeness (QED) is 0.415. The summed E-state index contributed by atoms with van der Waals surface area (Å²) < 4.78 is 0. The second-order valence-corrected chi connectivity index (χ2v) is 5.51. The van der Waals surface area contributed by atoms with E-state index in [1.165, 1.54) is 33.0 Å². The second kappa shape index (κ2) is 5.50. The predicted molar refractivity (Wildman–Crippen MR) is 95.9 cm³/mol. The Hall–Kier alpha value is -2.86. The first-order chi connectivity index (χ1) is 10.9. The molecule has 2 aromatic rings. The summed E-state index contributed by atoms with van der Waals surface area (Å²) in [6, 6.07) is 30.0. The molecule has 2 aliphatic rings. The molecule has 104 valence electrons. The van der Waals surface area contributed by atoms with Crippen LogP contribution in [0.2, 0.25) is 0 Å². The van der Waals surface area contributed by atoms with Crippen LogP contribution < -0.4 is 0 Å². The Morgan fingerprint density at radius 1 is 0.545 bits per heavy atom. The van der Waals surface area contributed by atoms with Crippen LogP contribution in [0.4, 0.5) is 0 Å². The minimum atomic E-state index is 1.23. The van der Waals surface area contributed by atoms with Crippen molar-refractivity contribution in [3.05, 3.63) is 96.1 Å². The molecule has 0 atom stereocenters. The third-order valence-corrected chi connectivity index (χ3v) is 4.05. The van der Waals surface area contributed by atoms with Gasteiger partial charge in [0.25, 0.3) is 0 Å². The van der Waals surface area contributed by atoms with Crippen molar-refractivity contribution in [3.8, 4) is 11.1 Å². The van der Waals surface area contributed by atoms with Crippen molar-refractivity contribution in [2.24, 2.45) is 0 Å². The van der Waals surface area contributed by atoms with Gasteiger partial charge in [-0.15, -0.1) is 0 Å². The molecule has 0 fully saturated rings. The van der Waals surface area contributed by atoms with Crippen LogP contribution in [-0.2, 0) is 0 Å². The molecule has 0 saturated heterocycles. The van der Waals surface area contributed by atoms with Crippen LogP contribution in [0.5, 0.6) is 0 Å². The van der Waals surface area contributed by atoms with E-state index in [2.05, 4.69) is 97.1 Å². The van der Waals surface area contributed by atoms with E-state index in [1.54, 1.807) is 0 Å². The number of hydrogen-bond donors (Lipinski definition) is 0. The molecule has 0 saturated carbocycles. The average molecular weight is 280 g/mol. The molecule has 0 aliphatic heterocycles. The minimum absolute atomic E-state index is 1.23. The normalized spacial score (nSPS) is 11.5. The maximum absolute atomic E-state index is 2.23. The van der Waals surface area contributed by atoms with Gasteiger partial charge < -0.3 is 0 Å². The van der Waals surface area contributed by atoms with Gasteiger partial charge in [0.05, 0.1) is 0 Å². The molecule has 2 aromatic carbocycles. The van der Waals surface area contributed by atoms with Gasteiger partial charge in [0.1, 0.15) is 0 Å². The topological polar surface area (TPSA) is 0 Å². The maximum atomic E-state index is 2.23. The first-order valence-corrected chi connectivity index (χ1v) is 7.55.